The van der Waals surface area contributed by atoms with E-state index in [2.05, 4.69) is 20.8 Å². The molecule has 2 rings (SSSR count). The van der Waals surface area contributed by atoms with Gasteiger partial charge in [0.05, 0.1) is 11.7 Å². The van der Waals surface area contributed by atoms with Gasteiger partial charge < -0.3 is 9.47 Å². The molecular formula is C10H18O2. The summed E-state index contributed by atoms with van der Waals surface area (Å²) in [5.41, 5.74) is -0.0226. The molecule has 12 heavy (non-hydrogen) atoms. The highest BCUT2D eigenvalue weighted by Crippen LogP contribution is 2.46. The fraction of sp³-hybridized carbons (Fsp3) is 1.00. The zero-order valence-corrected chi connectivity index (χ0v) is 8.22. The Balaban J connectivity index is 2.22. The fourth-order valence-corrected chi connectivity index (χ4v) is 2.39. The lowest BCUT2D eigenvalue weighted by molar-refractivity contribution is -0.188. The van der Waals surface area contributed by atoms with Crippen molar-refractivity contribution in [3.05, 3.63) is 0 Å². The van der Waals surface area contributed by atoms with Crippen LogP contribution in [0.4, 0.5) is 0 Å². The summed E-state index contributed by atoms with van der Waals surface area (Å²) in [6.45, 7) is 6.42. The first-order valence-corrected chi connectivity index (χ1v) is 4.96. The molecular weight excluding hydrogens is 152 g/mol. The summed E-state index contributed by atoms with van der Waals surface area (Å²) in [6.07, 6.45) is 4.85. The molecule has 70 valence electrons. The number of hydrogen-bond donors (Lipinski definition) is 0. The van der Waals surface area contributed by atoms with Gasteiger partial charge in [-0.3, -0.25) is 0 Å². The standard InChI is InChI=1S/C10H18O2/c1-4-9(2)8-6-5-7-10(3,11-8)12-9/h8H,4-7H2,1-3H3. The minimum absolute atomic E-state index is 0.0226. The van der Waals surface area contributed by atoms with Gasteiger partial charge in [-0.25, -0.2) is 0 Å². The molecule has 0 N–H and O–H groups in total. The summed E-state index contributed by atoms with van der Waals surface area (Å²) >= 11 is 0. The first-order chi connectivity index (χ1) is 5.58. The highest BCUT2D eigenvalue weighted by molar-refractivity contribution is 4.96. The van der Waals surface area contributed by atoms with Gasteiger partial charge >= 0.3 is 0 Å². The van der Waals surface area contributed by atoms with Crippen LogP contribution in [0.3, 0.4) is 0 Å². The minimum atomic E-state index is -0.270. The molecule has 2 saturated heterocycles. The van der Waals surface area contributed by atoms with E-state index in [1.54, 1.807) is 0 Å². The molecule has 2 nitrogen and oxygen atoms in total. The Bertz CT molecular complexity index is 192. The Morgan fingerprint density at radius 1 is 1.42 bits per heavy atom. The summed E-state index contributed by atoms with van der Waals surface area (Å²) in [6, 6.07) is 0. The molecule has 0 aromatic carbocycles. The summed E-state index contributed by atoms with van der Waals surface area (Å²) in [7, 11) is 0. The molecule has 0 radical (unpaired) electrons. The van der Waals surface area contributed by atoms with Gasteiger partial charge in [-0.05, 0) is 33.1 Å². The Morgan fingerprint density at radius 2 is 2.17 bits per heavy atom. The third kappa shape index (κ3) is 1.09. The predicted molar refractivity (Wildman–Crippen MR) is 46.9 cm³/mol. The monoisotopic (exact) mass is 170 g/mol. The Hall–Kier alpha value is -0.0800. The van der Waals surface area contributed by atoms with Crippen molar-refractivity contribution >= 4 is 0 Å². The van der Waals surface area contributed by atoms with Crippen LogP contribution in [0.15, 0.2) is 0 Å². The minimum Gasteiger partial charge on any atom is -0.344 e. The molecule has 0 aromatic rings. The molecule has 2 aliphatic rings. The lowest BCUT2D eigenvalue weighted by atomic mass is 9.92. The molecule has 3 unspecified atom stereocenters. The molecule has 2 bridgehead atoms. The van der Waals surface area contributed by atoms with Crippen molar-refractivity contribution in [2.45, 2.75) is 63.9 Å². The quantitative estimate of drug-likeness (QED) is 0.602. The molecule has 0 aliphatic carbocycles. The maximum Gasteiger partial charge on any atom is 0.166 e. The van der Waals surface area contributed by atoms with Crippen molar-refractivity contribution in [1.82, 2.24) is 0 Å². The average Bonchev–Trinajstić information content (AvgIpc) is 2.20. The molecule has 2 heteroatoms. The van der Waals surface area contributed by atoms with E-state index in [9.17, 15) is 0 Å². The first kappa shape index (κ1) is 8.52. The number of ether oxygens (including phenoxy) is 2. The van der Waals surface area contributed by atoms with Gasteiger partial charge in [0.25, 0.3) is 0 Å². The van der Waals surface area contributed by atoms with E-state index in [0.29, 0.717) is 6.10 Å². The van der Waals surface area contributed by atoms with Crippen molar-refractivity contribution in [3.8, 4) is 0 Å². The molecule has 2 heterocycles. The number of hydrogen-bond acceptors (Lipinski definition) is 2. The van der Waals surface area contributed by atoms with E-state index >= 15 is 0 Å². The molecule has 0 amide bonds. The van der Waals surface area contributed by atoms with E-state index in [1.807, 2.05) is 0 Å². The predicted octanol–water partition coefficient (Wildman–Crippen LogP) is 2.47. The van der Waals surface area contributed by atoms with Crippen molar-refractivity contribution in [2.75, 3.05) is 0 Å². The summed E-state index contributed by atoms with van der Waals surface area (Å²) in [5.74, 6) is -0.270. The van der Waals surface area contributed by atoms with Gasteiger partial charge in [-0.1, -0.05) is 6.92 Å². The largest absolute Gasteiger partial charge is 0.344 e. The van der Waals surface area contributed by atoms with Gasteiger partial charge in [0.15, 0.2) is 5.79 Å². The van der Waals surface area contributed by atoms with E-state index < -0.39 is 0 Å². The van der Waals surface area contributed by atoms with Crippen molar-refractivity contribution in [2.24, 2.45) is 0 Å². The van der Waals surface area contributed by atoms with Gasteiger partial charge in [-0.2, -0.15) is 0 Å². The summed E-state index contributed by atoms with van der Waals surface area (Å²) < 4.78 is 11.9. The van der Waals surface area contributed by atoms with Crippen LogP contribution in [0.1, 0.15) is 46.5 Å². The van der Waals surface area contributed by atoms with Crippen LogP contribution in [0.25, 0.3) is 0 Å². The van der Waals surface area contributed by atoms with E-state index in [1.165, 1.54) is 12.8 Å². The van der Waals surface area contributed by atoms with Crippen LogP contribution < -0.4 is 0 Å². The van der Waals surface area contributed by atoms with Crippen molar-refractivity contribution < 1.29 is 9.47 Å². The van der Waals surface area contributed by atoms with E-state index in [-0.39, 0.29) is 11.4 Å². The number of rotatable bonds is 1. The van der Waals surface area contributed by atoms with Crippen LogP contribution >= 0.6 is 0 Å². The Labute approximate surface area is 74.2 Å². The van der Waals surface area contributed by atoms with Gasteiger partial charge in [-0.15, -0.1) is 0 Å². The van der Waals surface area contributed by atoms with E-state index in [0.717, 1.165) is 12.8 Å². The smallest absolute Gasteiger partial charge is 0.166 e. The van der Waals surface area contributed by atoms with Crippen LogP contribution in [0.5, 0.6) is 0 Å². The Kier molecular flexibility index (Phi) is 1.74. The molecule has 0 spiro atoms. The highest BCUT2D eigenvalue weighted by Gasteiger charge is 2.53. The zero-order chi connectivity index (χ0) is 8.82. The first-order valence-electron chi connectivity index (χ1n) is 4.96. The lowest BCUT2D eigenvalue weighted by Gasteiger charge is -2.27. The topological polar surface area (TPSA) is 18.5 Å². The molecule has 2 fully saturated rings. The third-order valence-electron chi connectivity index (χ3n) is 3.32. The van der Waals surface area contributed by atoms with Crippen LogP contribution in [-0.4, -0.2) is 17.5 Å². The molecule has 0 saturated carbocycles. The zero-order valence-electron chi connectivity index (χ0n) is 8.22. The van der Waals surface area contributed by atoms with Crippen molar-refractivity contribution in [1.29, 1.82) is 0 Å². The SMILES string of the molecule is CCC1(C)OC2(C)CCCC1O2. The van der Waals surface area contributed by atoms with Crippen molar-refractivity contribution in [3.63, 3.8) is 0 Å². The molecule has 3 atom stereocenters. The van der Waals surface area contributed by atoms with Crippen LogP contribution in [0.2, 0.25) is 0 Å². The van der Waals surface area contributed by atoms with Gasteiger partial charge in [0, 0.05) is 6.42 Å². The van der Waals surface area contributed by atoms with Gasteiger partial charge in [0.2, 0.25) is 0 Å². The Morgan fingerprint density at radius 3 is 2.75 bits per heavy atom. The normalized spacial score (nSPS) is 52.8. The maximum absolute atomic E-state index is 5.99. The lowest BCUT2D eigenvalue weighted by Crippen LogP contribution is -2.35. The highest BCUT2D eigenvalue weighted by atomic mass is 16.8. The molecule has 2 aliphatic heterocycles. The van der Waals surface area contributed by atoms with Gasteiger partial charge in [0.1, 0.15) is 0 Å². The third-order valence-corrected chi connectivity index (χ3v) is 3.32. The van der Waals surface area contributed by atoms with Crippen LogP contribution in [0, 0.1) is 0 Å². The second-order valence-electron chi connectivity index (χ2n) is 4.40. The summed E-state index contributed by atoms with van der Waals surface area (Å²) in [5, 5.41) is 0. The second kappa shape index (κ2) is 2.46. The number of fused-ring (bicyclic) bond motifs is 2. The van der Waals surface area contributed by atoms with Crippen LogP contribution in [-0.2, 0) is 9.47 Å². The maximum atomic E-state index is 5.99. The average molecular weight is 170 g/mol. The molecule has 0 aromatic heterocycles. The second-order valence-corrected chi connectivity index (χ2v) is 4.40. The fourth-order valence-electron chi connectivity index (χ4n) is 2.39. The van der Waals surface area contributed by atoms with E-state index in [4.69, 9.17) is 9.47 Å². The summed E-state index contributed by atoms with van der Waals surface area (Å²) in [4.78, 5) is 0.